The molecule has 0 aliphatic carbocycles. The Bertz CT molecular complexity index is 781. The zero-order valence-corrected chi connectivity index (χ0v) is 10.5. The molecule has 0 radical (unpaired) electrons. The molecule has 1 aromatic heterocycles. The largest absolute Gasteiger partial charge is 0.454 e. The molecule has 2 heterocycles. The number of imidazole rings is 1. The molecule has 0 saturated heterocycles. The van der Waals surface area contributed by atoms with Gasteiger partial charge in [0.25, 0.3) is 5.91 Å². The van der Waals surface area contributed by atoms with Crippen molar-refractivity contribution in [3.05, 3.63) is 35.2 Å². The van der Waals surface area contributed by atoms with Crippen LogP contribution in [0.5, 0.6) is 11.5 Å². The molecule has 2 N–H and O–H groups in total. The minimum absolute atomic E-state index is 0.00140. The maximum atomic E-state index is 12.1. The summed E-state index contributed by atoms with van der Waals surface area (Å²) in [6.07, 6.45) is 0. The molecule has 0 saturated carbocycles. The van der Waals surface area contributed by atoms with Gasteiger partial charge in [0.2, 0.25) is 12.7 Å². The number of aromatic nitrogens is 2. The second-order valence-corrected chi connectivity index (χ2v) is 4.05. The Morgan fingerprint density at radius 1 is 1.29 bits per heavy atom. The van der Waals surface area contributed by atoms with Crippen LogP contribution < -0.4 is 14.8 Å². The maximum absolute atomic E-state index is 12.1. The van der Waals surface area contributed by atoms with E-state index in [4.69, 9.17) is 20.0 Å². The zero-order chi connectivity index (χ0) is 14.8. The summed E-state index contributed by atoms with van der Waals surface area (Å²) in [6.45, 7) is 0.121. The van der Waals surface area contributed by atoms with E-state index in [1.807, 2.05) is 0 Å². The van der Waals surface area contributed by atoms with Crippen molar-refractivity contribution in [1.82, 2.24) is 9.97 Å². The molecule has 3 rings (SSSR count). The van der Waals surface area contributed by atoms with Gasteiger partial charge in [-0.1, -0.05) is 0 Å². The highest BCUT2D eigenvalue weighted by atomic mass is 16.7. The molecule has 0 unspecified atom stereocenters. The molecule has 2 aromatic rings. The summed E-state index contributed by atoms with van der Waals surface area (Å²) < 4.78 is 10.3. The van der Waals surface area contributed by atoms with E-state index in [1.165, 1.54) is 6.07 Å². The first kappa shape index (κ1) is 12.5. The van der Waals surface area contributed by atoms with E-state index in [0.717, 1.165) is 0 Å². The van der Waals surface area contributed by atoms with Gasteiger partial charge in [0.05, 0.1) is 0 Å². The molecule has 0 bridgehead atoms. The van der Waals surface area contributed by atoms with Gasteiger partial charge in [0.1, 0.15) is 12.1 Å². The summed E-state index contributed by atoms with van der Waals surface area (Å²) in [7, 11) is 0. The van der Waals surface area contributed by atoms with Crippen LogP contribution in [0.4, 0.5) is 5.95 Å². The highest BCUT2D eigenvalue weighted by Crippen LogP contribution is 2.32. The Kier molecular flexibility index (Phi) is 2.90. The number of amides is 1. The number of nitrogens with zero attached hydrogens (tertiary/aromatic N) is 3. The Labute approximate surface area is 118 Å². The van der Waals surface area contributed by atoms with E-state index >= 15 is 0 Å². The normalized spacial score (nSPS) is 11.5. The van der Waals surface area contributed by atoms with Gasteiger partial charge in [-0.25, -0.2) is 4.98 Å². The molecule has 8 nitrogen and oxygen atoms in total. The first-order valence-corrected chi connectivity index (χ1v) is 5.82. The summed E-state index contributed by atoms with van der Waals surface area (Å²) in [5.74, 6) is 0.641. The summed E-state index contributed by atoms with van der Waals surface area (Å²) in [4.78, 5) is 18.4. The molecule has 102 valence electrons. The number of carbonyl (C=O) groups is 1. The second kappa shape index (κ2) is 4.87. The lowest BCUT2D eigenvalue weighted by Crippen LogP contribution is -2.12. The van der Waals surface area contributed by atoms with Crippen LogP contribution in [0.3, 0.4) is 0 Å². The van der Waals surface area contributed by atoms with Gasteiger partial charge in [-0.05, 0) is 18.2 Å². The van der Waals surface area contributed by atoms with Crippen LogP contribution in [0, 0.1) is 22.7 Å². The lowest BCUT2D eigenvalue weighted by molar-refractivity contribution is 0.102. The lowest BCUT2D eigenvalue weighted by atomic mass is 10.2. The summed E-state index contributed by atoms with van der Waals surface area (Å²) in [5.41, 5.74) is 0.268. The van der Waals surface area contributed by atoms with Gasteiger partial charge >= 0.3 is 0 Å². The van der Waals surface area contributed by atoms with Crippen molar-refractivity contribution in [2.24, 2.45) is 0 Å². The standard InChI is InChI=1S/C13H7N5O3/c14-4-8-9(5-15)17-13(16-8)18-12(19)7-1-2-10-11(3-7)21-6-20-10/h1-3H,6H2,(H2,16,17,18,19). The minimum Gasteiger partial charge on any atom is -0.454 e. The minimum atomic E-state index is -0.448. The van der Waals surface area contributed by atoms with Gasteiger partial charge in [0.15, 0.2) is 22.9 Å². The highest BCUT2D eigenvalue weighted by Gasteiger charge is 2.17. The molecule has 1 aliphatic rings. The van der Waals surface area contributed by atoms with Crippen LogP contribution in [-0.2, 0) is 0 Å². The molecule has 1 aromatic carbocycles. The van der Waals surface area contributed by atoms with Crippen molar-refractivity contribution in [3.8, 4) is 23.6 Å². The van der Waals surface area contributed by atoms with Crippen molar-refractivity contribution < 1.29 is 14.3 Å². The number of hydrogen-bond acceptors (Lipinski definition) is 6. The average molecular weight is 281 g/mol. The number of hydrogen-bond donors (Lipinski definition) is 2. The topological polar surface area (TPSA) is 124 Å². The number of carbonyl (C=O) groups excluding carboxylic acids is 1. The van der Waals surface area contributed by atoms with Gasteiger partial charge in [-0.15, -0.1) is 0 Å². The average Bonchev–Trinajstić information content (AvgIpc) is 3.11. The lowest BCUT2D eigenvalue weighted by Gasteiger charge is -2.03. The Balaban J connectivity index is 1.82. The number of rotatable bonds is 2. The van der Waals surface area contributed by atoms with Crippen LogP contribution in [-0.4, -0.2) is 22.7 Å². The van der Waals surface area contributed by atoms with Gasteiger partial charge in [-0.2, -0.15) is 10.5 Å². The van der Waals surface area contributed by atoms with Crippen molar-refractivity contribution >= 4 is 11.9 Å². The number of H-pyrrole nitrogens is 1. The monoisotopic (exact) mass is 281 g/mol. The fraction of sp³-hybridized carbons (Fsp3) is 0.0769. The number of aromatic amines is 1. The third kappa shape index (κ3) is 2.22. The SMILES string of the molecule is N#Cc1nc(NC(=O)c2ccc3c(c2)OCO3)[nH]c1C#N. The molecular formula is C13H7N5O3. The second-order valence-electron chi connectivity index (χ2n) is 4.05. The predicted molar refractivity (Wildman–Crippen MR) is 68.5 cm³/mol. The van der Waals surface area contributed by atoms with Gasteiger partial charge < -0.3 is 14.5 Å². The van der Waals surface area contributed by atoms with Crippen LogP contribution in [0.1, 0.15) is 21.7 Å². The molecular weight excluding hydrogens is 274 g/mol. The fourth-order valence-corrected chi connectivity index (χ4v) is 1.81. The van der Waals surface area contributed by atoms with E-state index in [2.05, 4.69) is 15.3 Å². The van der Waals surface area contributed by atoms with E-state index in [0.29, 0.717) is 17.1 Å². The quantitative estimate of drug-likeness (QED) is 0.850. The molecule has 1 aliphatic heterocycles. The van der Waals surface area contributed by atoms with Crippen molar-refractivity contribution in [3.63, 3.8) is 0 Å². The molecule has 0 spiro atoms. The molecule has 8 heteroatoms. The van der Waals surface area contributed by atoms with Crippen LogP contribution in [0.25, 0.3) is 0 Å². The molecule has 0 fully saturated rings. The molecule has 0 atom stereocenters. The van der Waals surface area contributed by atoms with Crippen molar-refractivity contribution in [2.75, 3.05) is 12.1 Å². The summed E-state index contributed by atoms with van der Waals surface area (Å²) in [6, 6.07) is 8.28. The van der Waals surface area contributed by atoms with Crippen LogP contribution in [0.15, 0.2) is 18.2 Å². The first-order valence-electron chi connectivity index (χ1n) is 5.82. The number of nitrogens with one attached hydrogen (secondary N) is 2. The van der Waals surface area contributed by atoms with Crippen molar-refractivity contribution in [2.45, 2.75) is 0 Å². The summed E-state index contributed by atoms with van der Waals surface area (Å²) in [5, 5.41) is 20.1. The number of fused-ring (bicyclic) bond motifs is 1. The third-order valence-corrected chi connectivity index (χ3v) is 2.79. The Morgan fingerprint density at radius 2 is 2.10 bits per heavy atom. The number of anilines is 1. The number of benzene rings is 1. The highest BCUT2D eigenvalue weighted by molar-refractivity contribution is 6.03. The zero-order valence-electron chi connectivity index (χ0n) is 10.5. The van der Waals surface area contributed by atoms with Crippen molar-refractivity contribution in [1.29, 1.82) is 10.5 Å². The van der Waals surface area contributed by atoms with Gasteiger partial charge in [-0.3, -0.25) is 10.1 Å². The Morgan fingerprint density at radius 3 is 2.81 bits per heavy atom. The van der Waals surface area contributed by atoms with Crippen LogP contribution in [0.2, 0.25) is 0 Å². The Hall–Kier alpha value is -3.52. The first-order chi connectivity index (χ1) is 10.2. The van der Waals surface area contributed by atoms with E-state index < -0.39 is 5.91 Å². The predicted octanol–water partition coefficient (Wildman–Crippen LogP) is 1.13. The fourth-order valence-electron chi connectivity index (χ4n) is 1.81. The maximum Gasteiger partial charge on any atom is 0.258 e. The third-order valence-electron chi connectivity index (χ3n) is 2.79. The van der Waals surface area contributed by atoms with Gasteiger partial charge in [0, 0.05) is 5.56 Å². The molecule has 1 amide bonds. The smallest absolute Gasteiger partial charge is 0.258 e. The van der Waals surface area contributed by atoms with E-state index in [1.54, 1.807) is 24.3 Å². The van der Waals surface area contributed by atoms with E-state index in [9.17, 15) is 4.79 Å². The molecule has 21 heavy (non-hydrogen) atoms. The number of ether oxygens (including phenoxy) is 2. The summed E-state index contributed by atoms with van der Waals surface area (Å²) >= 11 is 0. The number of nitriles is 2. The van der Waals surface area contributed by atoms with E-state index in [-0.39, 0.29) is 24.1 Å². The van der Waals surface area contributed by atoms with Crippen LogP contribution >= 0.6 is 0 Å².